The summed E-state index contributed by atoms with van der Waals surface area (Å²) in [4.78, 5) is 0. The van der Waals surface area contributed by atoms with Crippen molar-refractivity contribution in [1.29, 1.82) is 0 Å². The predicted molar refractivity (Wildman–Crippen MR) is 129 cm³/mol. The van der Waals surface area contributed by atoms with Crippen molar-refractivity contribution < 1.29 is 23.7 Å². The van der Waals surface area contributed by atoms with Crippen LogP contribution in [0.5, 0.6) is 0 Å². The van der Waals surface area contributed by atoms with Gasteiger partial charge in [0, 0.05) is 5.57 Å². The molecule has 5 heteroatoms. The van der Waals surface area contributed by atoms with Crippen molar-refractivity contribution in [3.05, 3.63) is 119 Å². The Balaban J connectivity index is 1.32. The van der Waals surface area contributed by atoms with E-state index in [9.17, 15) is 0 Å². The zero-order valence-electron chi connectivity index (χ0n) is 19.1. The van der Waals surface area contributed by atoms with Crippen LogP contribution in [-0.4, -0.2) is 37.8 Å². The topological polar surface area (TPSA) is 46.2 Å². The molecule has 5 rings (SSSR count). The molecule has 3 aromatic rings. The highest BCUT2D eigenvalue weighted by atomic mass is 16.7. The van der Waals surface area contributed by atoms with Crippen molar-refractivity contribution in [2.45, 2.75) is 44.4 Å². The second-order valence-corrected chi connectivity index (χ2v) is 8.52. The van der Waals surface area contributed by atoms with Crippen LogP contribution in [0.15, 0.2) is 103 Å². The van der Waals surface area contributed by atoms with Gasteiger partial charge in [0.2, 0.25) is 0 Å². The van der Waals surface area contributed by atoms with Gasteiger partial charge in [-0.2, -0.15) is 0 Å². The first-order valence-electron chi connectivity index (χ1n) is 11.8. The fourth-order valence-corrected chi connectivity index (χ4v) is 4.33. The molecule has 34 heavy (non-hydrogen) atoms. The summed E-state index contributed by atoms with van der Waals surface area (Å²) in [5.41, 5.74) is 4.33. The van der Waals surface area contributed by atoms with Crippen molar-refractivity contribution in [2.24, 2.45) is 0 Å². The van der Waals surface area contributed by atoms with Gasteiger partial charge in [-0.15, -0.1) is 0 Å². The monoisotopic (exact) mass is 458 g/mol. The molecule has 0 aromatic heterocycles. The first-order valence-corrected chi connectivity index (χ1v) is 11.8. The Morgan fingerprint density at radius 3 is 1.85 bits per heavy atom. The molecular formula is C29H30O5. The third-order valence-corrected chi connectivity index (χ3v) is 6.08. The number of hydrogen-bond acceptors (Lipinski definition) is 5. The number of hydrogen-bond donors (Lipinski definition) is 0. The standard InChI is InChI=1S/C29H30O5/c1-4-10-22(11-5-1)18-30-21-26-28(33-20-24-14-8-3-9-15-24)27(25-16-17-31-29(25)34-26)32-19-23-12-6-2-7-13-23/h1-16,26-29H,17-21H2/t26-,27-,28-,29+/m1/s1. The summed E-state index contributed by atoms with van der Waals surface area (Å²) in [6.45, 7) is 2.35. The lowest BCUT2D eigenvalue weighted by Crippen LogP contribution is -2.53. The third-order valence-electron chi connectivity index (χ3n) is 6.08. The summed E-state index contributed by atoms with van der Waals surface area (Å²) in [6.07, 6.45) is 0.691. The zero-order valence-corrected chi connectivity index (χ0v) is 19.1. The molecule has 5 nitrogen and oxygen atoms in total. The van der Waals surface area contributed by atoms with Crippen LogP contribution in [0.2, 0.25) is 0 Å². The Morgan fingerprint density at radius 2 is 1.24 bits per heavy atom. The molecule has 0 N–H and O–H groups in total. The van der Waals surface area contributed by atoms with Gasteiger partial charge in [-0.1, -0.05) is 97.1 Å². The molecule has 0 amide bonds. The molecule has 2 heterocycles. The maximum Gasteiger partial charge on any atom is 0.183 e. The summed E-state index contributed by atoms with van der Waals surface area (Å²) in [6, 6.07) is 30.5. The van der Waals surface area contributed by atoms with E-state index in [1.54, 1.807) is 0 Å². The lowest BCUT2D eigenvalue weighted by Gasteiger charge is -2.41. The van der Waals surface area contributed by atoms with Gasteiger partial charge in [0.25, 0.3) is 0 Å². The Labute approximate surface area is 200 Å². The third kappa shape index (κ3) is 5.81. The van der Waals surface area contributed by atoms with Gasteiger partial charge in [0.1, 0.15) is 18.3 Å². The van der Waals surface area contributed by atoms with Crippen LogP contribution in [0.3, 0.4) is 0 Å². The van der Waals surface area contributed by atoms with Crippen LogP contribution < -0.4 is 0 Å². The smallest absolute Gasteiger partial charge is 0.183 e. The number of benzene rings is 3. The predicted octanol–water partition coefficient (Wildman–Crippen LogP) is 5.06. The van der Waals surface area contributed by atoms with Crippen LogP contribution in [0.25, 0.3) is 0 Å². The van der Waals surface area contributed by atoms with E-state index in [1.165, 1.54) is 0 Å². The van der Waals surface area contributed by atoms with Gasteiger partial charge in [-0.3, -0.25) is 0 Å². The van der Waals surface area contributed by atoms with Gasteiger partial charge < -0.3 is 23.7 Å². The first-order chi connectivity index (χ1) is 16.9. The molecule has 0 saturated carbocycles. The average molecular weight is 459 g/mol. The van der Waals surface area contributed by atoms with Crippen LogP contribution >= 0.6 is 0 Å². The van der Waals surface area contributed by atoms with Crippen LogP contribution in [0.4, 0.5) is 0 Å². The highest BCUT2D eigenvalue weighted by Crippen LogP contribution is 2.34. The maximum absolute atomic E-state index is 6.47. The van der Waals surface area contributed by atoms with E-state index in [1.807, 2.05) is 54.6 Å². The van der Waals surface area contributed by atoms with Gasteiger partial charge >= 0.3 is 0 Å². The summed E-state index contributed by atoms with van der Waals surface area (Å²) >= 11 is 0. The van der Waals surface area contributed by atoms with Gasteiger partial charge in [0.05, 0.1) is 33.0 Å². The summed E-state index contributed by atoms with van der Waals surface area (Å²) < 4.78 is 31.2. The van der Waals surface area contributed by atoms with E-state index in [0.717, 1.165) is 22.3 Å². The Bertz CT molecular complexity index is 1040. The Kier molecular flexibility index (Phi) is 7.81. The fraction of sp³-hybridized carbons (Fsp3) is 0.310. The maximum atomic E-state index is 6.47. The highest BCUT2D eigenvalue weighted by molar-refractivity contribution is 5.23. The fourth-order valence-electron chi connectivity index (χ4n) is 4.33. The highest BCUT2D eigenvalue weighted by Gasteiger charge is 2.46. The molecule has 2 aliphatic rings. The molecule has 0 aliphatic carbocycles. The summed E-state index contributed by atoms with van der Waals surface area (Å²) in [7, 11) is 0. The van der Waals surface area contributed by atoms with Crippen molar-refractivity contribution in [3.63, 3.8) is 0 Å². The van der Waals surface area contributed by atoms with Crippen LogP contribution in [0.1, 0.15) is 16.7 Å². The number of rotatable bonds is 10. The number of ether oxygens (including phenoxy) is 5. The molecule has 0 radical (unpaired) electrons. The lowest BCUT2D eigenvalue weighted by atomic mass is 9.96. The molecule has 3 aromatic carbocycles. The normalized spacial score (nSPS) is 23.9. The largest absolute Gasteiger partial charge is 0.374 e. The minimum Gasteiger partial charge on any atom is -0.374 e. The molecule has 1 saturated heterocycles. The molecule has 4 atom stereocenters. The van der Waals surface area contributed by atoms with Gasteiger partial charge in [0.15, 0.2) is 6.29 Å². The van der Waals surface area contributed by atoms with E-state index in [0.29, 0.717) is 33.0 Å². The van der Waals surface area contributed by atoms with Gasteiger partial charge in [-0.05, 0) is 16.7 Å². The van der Waals surface area contributed by atoms with E-state index in [-0.39, 0.29) is 18.3 Å². The quantitative estimate of drug-likeness (QED) is 0.398. The molecule has 0 spiro atoms. The SMILES string of the molecule is C1=C2[C@@H](OC1)O[C@H](COCc1ccccc1)[C@@H](OCc1ccccc1)[C@@H]2OCc1ccccc1. The molecule has 176 valence electrons. The summed E-state index contributed by atoms with van der Waals surface area (Å²) in [5, 5.41) is 0. The summed E-state index contributed by atoms with van der Waals surface area (Å²) in [5.74, 6) is 0. The van der Waals surface area contributed by atoms with Gasteiger partial charge in [-0.25, -0.2) is 0 Å². The zero-order chi connectivity index (χ0) is 23.0. The lowest BCUT2D eigenvalue weighted by molar-refractivity contribution is -0.239. The second-order valence-electron chi connectivity index (χ2n) is 8.52. The number of fused-ring (bicyclic) bond motifs is 1. The molecule has 0 bridgehead atoms. The second kappa shape index (κ2) is 11.6. The van der Waals surface area contributed by atoms with Crippen LogP contribution in [-0.2, 0) is 43.5 Å². The van der Waals surface area contributed by atoms with E-state index < -0.39 is 6.29 Å². The van der Waals surface area contributed by atoms with Crippen molar-refractivity contribution >= 4 is 0 Å². The minimum absolute atomic E-state index is 0.282. The minimum atomic E-state index is -0.428. The Hall–Kier alpha value is -2.80. The van der Waals surface area contributed by atoms with Crippen LogP contribution in [0, 0.1) is 0 Å². The molecule has 0 unspecified atom stereocenters. The van der Waals surface area contributed by atoms with Crippen molar-refractivity contribution in [1.82, 2.24) is 0 Å². The first kappa shape index (κ1) is 23.0. The average Bonchev–Trinajstić information content (AvgIpc) is 3.36. The molecule has 2 aliphatic heterocycles. The van der Waals surface area contributed by atoms with Crippen molar-refractivity contribution in [3.8, 4) is 0 Å². The molecular weight excluding hydrogens is 428 g/mol. The van der Waals surface area contributed by atoms with E-state index in [2.05, 4.69) is 42.5 Å². The van der Waals surface area contributed by atoms with E-state index in [4.69, 9.17) is 23.7 Å². The van der Waals surface area contributed by atoms with E-state index >= 15 is 0 Å². The molecule has 1 fully saturated rings. The Morgan fingerprint density at radius 1 is 0.676 bits per heavy atom. The van der Waals surface area contributed by atoms with Crippen molar-refractivity contribution in [2.75, 3.05) is 13.2 Å².